The van der Waals surface area contributed by atoms with Gasteiger partial charge in [0.05, 0.1) is 19.2 Å². The van der Waals surface area contributed by atoms with Crippen LogP contribution in [0.15, 0.2) is 4.52 Å². The summed E-state index contributed by atoms with van der Waals surface area (Å²) in [6, 6.07) is -0.151. The van der Waals surface area contributed by atoms with Crippen molar-refractivity contribution in [1.82, 2.24) is 19.9 Å². The Balaban J connectivity index is 1.91. The van der Waals surface area contributed by atoms with Crippen molar-refractivity contribution in [1.29, 1.82) is 0 Å². The zero-order chi connectivity index (χ0) is 16.1. The minimum Gasteiger partial charge on any atom is -0.384 e. The van der Waals surface area contributed by atoms with Crippen molar-refractivity contribution in [3.63, 3.8) is 0 Å². The molecule has 22 heavy (non-hydrogen) atoms. The molecule has 0 bridgehead atoms. The molecule has 0 saturated carbocycles. The summed E-state index contributed by atoms with van der Waals surface area (Å²) in [5.74, 6) is 1.87. The van der Waals surface area contributed by atoms with E-state index in [1.165, 1.54) is 0 Å². The monoisotopic (exact) mass is 310 g/mol. The number of methoxy groups -OCH3 is 1. The van der Waals surface area contributed by atoms with Crippen LogP contribution < -0.4 is 0 Å². The number of rotatable bonds is 7. The predicted octanol–water partition coefficient (Wildman–Crippen LogP) is 0.947. The van der Waals surface area contributed by atoms with E-state index < -0.39 is 0 Å². The van der Waals surface area contributed by atoms with Crippen molar-refractivity contribution in [3.05, 3.63) is 11.7 Å². The molecule has 1 atom stereocenters. The number of ether oxygens (including phenoxy) is 1. The molecule has 2 rings (SSSR count). The molecule has 7 nitrogen and oxygen atoms in total. The van der Waals surface area contributed by atoms with Gasteiger partial charge in [-0.05, 0) is 12.8 Å². The van der Waals surface area contributed by atoms with Gasteiger partial charge in [0.1, 0.15) is 0 Å². The molecule has 1 aliphatic rings. The Morgan fingerprint density at radius 1 is 1.41 bits per heavy atom. The van der Waals surface area contributed by atoms with Gasteiger partial charge in [0.15, 0.2) is 5.82 Å². The quantitative estimate of drug-likeness (QED) is 0.746. The van der Waals surface area contributed by atoms with Crippen LogP contribution in [0.1, 0.15) is 32.5 Å². The number of hydrogen-bond donors (Lipinski definition) is 0. The first-order valence-corrected chi connectivity index (χ1v) is 7.84. The van der Waals surface area contributed by atoms with Gasteiger partial charge in [-0.1, -0.05) is 19.0 Å². The minimum atomic E-state index is -0.151. The highest BCUT2D eigenvalue weighted by Crippen LogP contribution is 2.15. The van der Waals surface area contributed by atoms with Gasteiger partial charge in [0.2, 0.25) is 11.8 Å². The fourth-order valence-corrected chi connectivity index (χ4v) is 2.63. The first-order chi connectivity index (χ1) is 10.5. The van der Waals surface area contributed by atoms with Crippen LogP contribution in [0.25, 0.3) is 0 Å². The third kappa shape index (κ3) is 4.27. The Kier molecular flexibility index (Phi) is 5.90. The van der Waals surface area contributed by atoms with Gasteiger partial charge in [-0.2, -0.15) is 4.98 Å². The van der Waals surface area contributed by atoms with E-state index in [-0.39, 0.29) is 11.9 Å². The highest BCUT2D eigenvalue weighted by Gasteiger charge is 2.32. The summed E-state index contributed by atoms with van der Waals surface area (Å²) in [6.07, 6.45) is 0.636. The maximum Gasteiger partial charge on any atom is 0.240 e. The molecule has 2 heterocycles. The van der Waals surface area contributed by atoms with Crippen LogP contribution in [0.5, 0.6) is 0 Å². The maximum absolute atomic E-state index is 12.4. The van der Waals surface area contributed by atoms with Crippen LogP contribution in [0.3, 0.4) is 0 Å². The Labute approximate surface area is 131 Å². The second-order valence-electron chi connectivity index (χ2n) is 6.17. The standard InChI is InChI=1S/C15H26N4O3/c1-11(2)9-19-7-6-18(12(3)15(19)20)10-14-16-13(17-22-14)5-8-21-4/h11-12H,5-10H2,1-4H3/t12-/m0/s1. The summed E-state index contributed by atoms with van der Waals surface area (Å²) in [5, 5.41) is 3.93. The van der Waals surface area contributed by atoms with Crippen LogP contribution in [-0.4, -0.2) is 65.2 Å². The molecule has 1 aromatic rings. The van der Waals surface area contributed by atoms with Crippen LogP contribution in [0, 0.1) is 5.92 Å². The van der Waals surface area contributed by atoms with Gasteiger partial charge in [0, 0.05) is 33.2 Å². The van der Waals surface area contributed by atoms with Crippen molar-refractivity contribution >= 4 is 5.91 Å². The van der Waals surface area contributed by atoms with Gasteiger partial charge in [-0.25, -0.2) is 0 Å². The molecule has 1 fully saturated rings. The number of amides is 1. The molecule has 124 valence electrons. The van der Waals surface area contributed by atoms with E-state index in [0.29, 0.717) is 37.2 Å². The lowest BCUT2D eigenvalue weighted by molar-refractivity contribution is -0.142. The number of carbonyl (C=O) groups excluding carboxylic acids is 1. The largest absolute Gasteiger partial charge is 0.384 e. The highest BCUT2D eigenvalue weighted by atomic mass is 16.5. The van der Waals surface area contributed by atoms with E-state index >= 15 is 0 Å². The van der Waals surface area contributed by atoms with Gasteiger partial charge < -0.3 is 14.2 Å². The first kappa shape index (κ1) is 16.9. The average molecular weight is 310 g/mol. The smallest absolute Gasteiger partial charge is 0.240 e. The van der Waals surface area contributed by atoms with Crippen molar-refractivity contribution in [3.8, 4) is 0 Å². The number of piperazine rings is 1. The second-order valence-corrected chi connectivity index (χ2v) is 6.17. The van der Waals surface area contributed by atoms with E-state index in [2.05, 4.69) is 28.9 Å². The molecule has 0 spiro atoms. The van der Waals surface area contributed by atoms with E-state index in [9.17, 15) is 4.79 Å². The van der Waals surface area contributed by atoms with Crippen molar-refractivity contribution in [2.45, 2.75) is 39.8 Å². The van der Waals surface area contributed by atoms with Gasteiger partial charge in [-0.15, -0.1) is 0 Å². The summed E-state index contributed by atoms with van der Waals surface area (Å²) in [6.45, 7) is 9.69. The van der Waals surface area contributed by atoms with Crippen LogP contribution in [0.4, 0.5) is 0 Å². The fraction of sp³-hybridized carbons (Fsp3) is 0.800. The zero-order valence-corrected chi connectivity index (χ0v) is 13.9. The molecule has 0 radical (unpaired) electrons. The summed E-state index contributed by atoms with van der Waals surface area (Å²) in [5.41, 5.74) is 0. The summed E-state index contributed by atoms with van der Waals surface area (Å²) in [7, 11) is 1.64. The Hall–Kier alpha value is -1.47. The molecule has 1 amide bonds. The average Bonchev–Trinajstić information content (AvgIpc) is 2.92. The summed E-state index contributed by atoms with van der Waals surface area (Å²) < 4.78 is 10.3. The first-order valence-electron chi connectivity index (χ1n) is 7.84. The second kappa shape index (κ2) is 7.69. The lowest BCUT2D eigenvalue weighted by Gasteiger charge is -2.39. The summed E-state index contributed by atoms with van der Waals surface area (Å²) >= 11 is 0. The number of carbonyl (C=O) groups is 1. The Morgan fingerprint density at radius 3 is 2.86 bits per heavy atom. The Bertz CT molecular complexity index is 489. The Morgan fingerprint density at radius 2 is 2.18 bits per heavy atom. The summed E-state index contributed by atoms with van der Waals surface area (Å²) in [4.78, 5) is 20.8. The molecule has 0 unspecified atom stereocenters. The van der Waals surface area contributed by atoms with Gasteiger partial charge >= 0.3 is 0 Å². The number of nitrogens with zero attached hydrogens (tertiary/aromatic N) is 4. The van der Waals surface area contributed by atoms with Crippen LogP contribution in [0.2, 0.25) is 0 Å². The van der Waals surface area contributed by atoms with Gasteiger partial charge in [0.25, 0.3) is 0 Å². The highest BCUT2D eigenvalue weighted by molar-refractivity contribution is 5.82. The van der Waals surface area contributed by atoms with Crippen molar-refractivity contribution < 1.29 is 14.1 Å². The molecule has 7 heteroatoms. The van der Waals surface area contributed by atoms with Crippen molar-refractivity contribution in [2.75, 3.05) is 33.4 Å². The van der Waals surface area contributed by atoms with Crippen molar-refractivity contribution in [2.24, 2.45) is 5.92 Å². The van der Waals surface area contributed by atoms with E-state index in [4.69, 9.17) is 9.26 Å². The molecule has 1 aliphatic heterocycles. The topological polar surface area (TPSA) is 71.7 Å². The zero-order valence-electron chi connectivity index (χ0n) is 13.9. The van der Waals surface area contributed by atoms with Gasteiger partial charge in [-0.3, -0.25) is 9.69 Å². The molecular weight excluding hydrogens is 284 g/mol. The van der Waals surface area contributed by atoms with E-state index in [1.54, 1.807) is 7.11 Å². The van der Waals surface area contributed by atoms with Crippen LogP contribution in [-0.2, 0) is 22.5 Å². The predicted molar refractivity (Wildman–Crippen MR) is 81.2 cm³/mol. The molecular formula is C15H26N4O3. The number of hydrogen-bond acceptors (Lipinski definition) is 6. The third-order valence-electron chi connectivity index (χ3n) is 3.84. The molecule has 1 saturated heterocycles. The molecule has 0 aromatic carbocycles. The molecule has 0 aliphatic carbocycles. The SMILES string of the molecule is COCCc1noc(CN2CCN(CC(C)C)C(=O)[C@@H]2C)n1. The van der Waals surface area contributed by atoms with E-state index in [0.717, 1.165) is 19.6 Å². The lowest BCUT2D eigenvalue weighted by atomic mass is 10.1. The molecule has 0 N–H and O–H groups in total. The lowest BCUT2D eigenvalue weighted by Crippen LogP contribution is -2.56. The normalized spacial score (nSPS) is 20.1. The maximum atomic E-state index is 12.4. The van der Waals surface area contributed by atoms with Crippen LogP contribution >= 0.6 is 0 Å². The fourth-order valence-electron chi connectivity index (χ4n) is 2.63. The minimum absolute atomic E-state index is 0.151. The molecule has 1 aromatic heterocycles. The third-order valence-corrected chi connectivity index (χ3v) is 3.84. The van der Waals surface area contributed by atoms with E-state index in [1.807, 2.05) is 11.8 Å². The number of aromatic nitrogens is 2.